The molecule has 8 heteroatoms. The van der Waals surface area contributed by atoms with Crippen LogP contribution in [-0.2, 0) is 5.41 Å². The van der Waals surface area contributed by atoms with Crippen molar-refractivity contribution in [1.29, 1.82) is 0 Å². The van der Waals surface area contributed by atoms with Gasteiger partial charge in [-0.1, -0.05) is 20.8 Å². The summed E-state index contributed by atoms with van der Waals surface area (Å²) < 4.78 is 54.4. The Balaban J connectivity index is 2.88. The normalized spacial score (nSPS) is 12.9. The molecule has 0 amide bonds. The molecule has 1 heterocycles. The summed E-state index contributed by atoms with van der Waals surface area (Å²) in [4.78, 5) is 8.00. The Kier molecular flexibility index (Phi) is 4.76. The van der Waals surface area contributed by atoms with E-state index in [2.05, 4.69) is 30.6 Å². The third kappa shape index (κ3) is 4.59. The van der Waals surface area contributed by atoms with E-state index in [0.29, 0.717) is 10.4 Å². The molecule has 108 valence electrons. The third-order valence-corrected chi connectivity index (χ3v) is 2.48. The lowest BCUT2D eigenvalue weighted by molar-refractivity contribution is -0.148. The standard InChI is InChI=1S/C11H13BrF4N2O/c1-10(2,3)9-17-6(12)4-7(18-9)19-5-11(15,16)8(13)14/h4,8H,5H2,1-3H3. The minimum atomic E-state index is -4.21. The van der Waals surface area contributed by atoms with Gasteiger partial charge in [-0.05, 0) is 15.9 Å². The van der Waals surface area contributed by atoms with Crippen LogP contribution in [0.1, 0.15) is 26.6 Å². The van der Waals surface area contributed by atoms with Crippen molar-refractivity contribution < 1.29 is 22.3 Å². The van der Waals surface area contributed by atoms with Crippen LogP contribution >= 0.6 is 15.9 Å². The maximum Gasteiger partial charge on any atom is 0.340 e. The Bertz CT molecular complexity index is 449. The lowest BCUT2D eigenvalue weighted by Crippen LogP contribution is -2.34. The summed E-state index contributed by atoms with van der Waals surface area (Å²) in [7, 11) is 0. The van der Waals surface area contributed by atoms with Crippen molar-refractivity contribution in [3.05, 3.63) is 16.5 Å². The highest BCUT2D eigenvalue weighted by atomic mass is 79.9. The third-order valence-electron chi connectivity index (χ3n) is 2.07. The zero-order chi connectivity index (χ0) is 14.8. The van der Waals surface area contributed by atoms with Crippen molar-refractivity contribution in [3.63, 3.8) is 0 Å². The van der Waals surface area contributed by atoms with Gasteiger partial charge < -0.3 is 4.74 Å². The molecule has 0 fully saturated rings. The summed E-state index contributed by atoms with van der Waals surface area (Å²) in [5.74, 6) is -4.02. The number of hydrogen-bond donors (Lipinski definition) is 0. The quantitative estimate of drug-likeness (QED) is 0.615. The molecule has 0 unspecified atom stereocenters. The number of halogens is 5. The molecule has 0 saturated carbocycles. The highest BCUT2D eigenvalue weighted by Gasteiger charge is 2.42. The maximum atomic E-state index is 12.7. The van der Waals surface area contributed by atoms with Gasteiger partial charge in [0, 0.05) is 11.5 Å². The smallest absolute Gasteiger partial charge is 0.340 e. The van der Waals surface area contributed by atoms with Crippen molar-refractivity contribution >= 4 is 15.9 Å². The highest BCUT2D eigenvalue weighted by Crippen LogP contribution is 2.26. The molecule has 0 atom stereocenters. The molecule has 0 bridgehead atoms. The van der Waals surface area contributed by atoms with E-state index < -0.39 is 24.4 Å². The van der Waals surface area contributed by atoms with Crippen LogP contribution in [0.15, 0.2) is 10.7 Å². The largest absolute Gasteiger partial charge is 0.471 e. The van der Waals surface area contributed by atoms with Crippen LogP contribution in [0.3, 0.4) is 0 Å². The van der Waals surface area contributed by atoms with Gasteiger partial charge in [0.05, 0.1) is 0 Å². The average Bonchev–Trinajstić information content (AvgIpc) is 2.24. The van der Waals surface area contributed by atoms with Gasteiger partial charge in [-0.15, -0.1) is 0 Å². The van der Waals surface area contributed by atoms with E-state index >= 15 is 0 Å². The molecule has 0 radical (unpaired) electrons. The molecule has 0 aromatic carbocycles. The molecular formula is C11H13BrF4N2O. The summed E-state index contributed by atoms with van der Waals surface area (Å²) in [6, 6.07) is 1.25. The monoisotopic (exact) mass is 344 g/mol. The number of alkyl halides is 4. The first-order chi connectivity index (χ1) is 8.52. The summed E-state index contributed by atoms with van der Waals surface area (Å²) in [5.41, 5.74) is -0.423. The van der Waals surface area contributed by atoms with Gasteiger partial charge >= 0.3 is 12.3 Å². The molecule has 1 aromatic rings. The van der Waals surface area contributed by atoms with Crippen molar-refractivity contribution in [1.82, 2.24) is 9.97 Å². The number of ether oxygens (including phenoxy) is 1. The topological polar surface area (TPSA) is 35.0 Å². The molecule has 0 N–H and O–H groups in total. The van der Waals surface area contributed by atoms with Crippen molar-refractivity contribution in [3.8, 4) is 5.88 Å². The van der Waals surface area contributed by atoms with E-state index in [1.54, 1.807) is 0 Å². The molecule has 1 aromatic heterocycles. The predicted molar refractivity (Wildman–Crippen MR) is 64.9 cm³/mol. The Morgan fingerprint density at radius 1 is 1.26 bits per heavy atom. The summed E-state index contributed by atoms with van der Waals surface area (Å²) in [6.45, 7) is 4.04. The average molecular weight is 345 g/mol. The predicted octanol–water partition coefficient (Wildman–Crippen LogP) is 3.82. The number of rotatable bonds is 4. The van der Waals surface area contributed by atoms with E-state index in [0.717, 1.165) is 0 Å². The fraction of sp³-hybridized carbons (Fsp3) is 0.636. The first-order valence-electron chi connectivity index (χ1n) is 5.36. The van der Waals surface area contributed by atoms with Crippen LogP contribution in [0.4, 0.5) is 17.6 Å². The van der Waals surface area contributed by atoms with Gasteiger partial charge in [-0.3, -0.25) is 0 Å². The van der Waals surface area contributed by atoms with E-state index in [1.807, 2.05) is 20.8 Å². The van der Waals surface area contributed by atoms with Crippen LogP contribution in [0.25, 0.3) is 0 Å². The molecule has 0 aliphatic rings. The van der Waals surface area contributed by atoms with Crippen molar-refractivity contribution in [2.75, 3.05) is 6.61 Å². The summed E-state index contributed by atoms with van der Waals surface area (Å²) in [5, 5.41) is 0. The fourth-order valence-electron chi connectivity index (χ4n) is 1.04. The second-order valence-corrected chi connectivity index (χ2v) is 5.77. The number of hydrogen-bond acceptors (Lipinski definition) is 3. The Hall–Kier alpha value is -0.920. The molecule has 0 aliphatic heterocycles. The van der Waals surface area contributed by atoms with Gasteiger partial charge in [-0.25, -0.2) is 13.8 Å². The van der Waals surface area contributed by atoms with Gasteiger partial charge in [-0.2, -0.15) is 13.8 Å². The summed E-state index contributed by atoms with van der Waals surface area (Å²) >= 11 is 3.09. The molecule has 1 rings (SSSR count). The highest BCUT2D eigenvalue weighted by molar-refractivity contribution is 9.10. The van der Waals surface area contributed by atoms with Crippen molar-refractivity contribution in [2.45, 2.75) is 38.5 Å². The first-order valence-corrected chi connectivity index (χ1v) is 6.15. The van der Waals surface area contributed by atoms with Crippen LogP contribution in [-0.4, -0.2) is 28.9 Å². The van der Waals surface area contributed by atoms with Crippen LogP contribution < -0.4 is 4.74 Å². The van der Waals surface area contributed by atoms with E-state index in [9.17, 15) is 17.6 Å². The first kappa shape index (κ1) is 16.1. The maximum absolute atomic E-state index is 12.7. The lowest BCUT2D eigenvalue weighted by Gasteiger charge is -2.19. The molecular weight excluding hydrogens is 332 g/mol. The van der Waals surface area contributed by atoms with E-state index in [1.165, 1.54) is 6.07 Å². The van der Waals surface area contributed by atoms with Crippen LogP contribution in [0, 0.1) is 0 Å². The van der Waals surface area contributed by atoms with Crippen LogP contribution in [0.2, 0.25) is 0 Å². The second kappa shape index (κ2) is 5.60. The minimum Gasteiger partial charge on any atom is -0.471 e. The SMILES string of the molecule is CC(C)(C)c1nc(Br)cc(OCC(F)(F)C(F)F)n1. The lowest BCUT2D eigenvalue weighted by atomic mass is 9.96. The van der Waals surface area contributed by atoms with Gasteiger partial charge in [0.1, 0.15) is 10.4 Å². The van der Waals surface area contributed by atoms with E-state index in [-0.39, 0.29) is 5.88 Å². The zero-order valence-electron chi connectivity index (χ0n) is 10.6. The number of aromatic nitrogens is 2. The van der Waals surface area contributed by atoms with Gasteiger partial charge in [0.2, 0.25) is 5.88 Å². The van der Waals surface area contributed by atoms with Crippen LogP contribution in [0.5, 0.6) is 5.88 Å². The molecule has 3 nitrogen and oxygen atoms in total. The van der Waals surface area contributed by atoms with Gasteiger partial charge in [0.25, 0.3) is 0 Å². The number of nitrogens with zero attached hydrogens (tertiary/aromatic N) is 2. The molecule has 0 saturated heterocycles. The Morgan fingerprint density at radius 3 is 2.32 bits per heavy atom. The molecule has 0 spiro atoms. The fourth-order valence-corrected chi connectivity index (χ4v) is 1.40. The second-order valence-electron chi connectivity index (χ2n) is 4.95. The zero-order valence-corrected chi connectivity index (χ0v) is 12.1. The van der Waals surface area contributed by atoms with Gasteiger partial charge in [0.15, 0.2) is 6.61 Å². The molecule has 19 heavy (non-hydrogen) atoms. The van der Waals surface area contributed by atoms with Crippen molar-refractivity contribution in [2.24, 2.45) is 0 Å². The summed E-state index contributed by atoms with van der Waals surface area (Å²) in [6.07, 6.45) is -3.78. The Labute approximate surface area is 116 Å². The Morgan fingerprint density at radius 2 is 1.84 bits per heavy atom. The van der Waals surface area contributed by atoms with E-state index in [4.69, 9.17) is 0 Å². The minimum absolute atomic E-state index is 0.174. The molecule has 0 aliphatic carbocycles.